The van der Waals surface area contributed by atoms with Gasteiger partial charge in [-0.15, -0.1) is 0 Å². The van der Waals surface area contributed by atoms with Gasteiger partial charge >= 0.3 is 0 Å². The number of aromatic nitrogens is 2. The van der Waals surface area contributed by atoms with Crippen molar-refractivity contribution in [2.75, 3.05) is 6.54 Å². The molecule has 0 unspecified atom stereocenters. The molecular weight excluding hydrogens is 293 g/mol. The van der Waals surface area contributed by atoms with Crippen LogP contribution in [0.2, 0.25) is 0 Å². The molecule has 0 aliphatic carbocycles. The Morgan fingerprint density at radius 1 is 1.17 bits per heavy atom. The molecule has 0 fully saturated rings. The Kier molecular flexibility index (Phi) is 3.26. The molecular formula is C18H14FN3O. The minimum Gasteiger partial charge on any atom is -0.334 e. The van der Waals surface area contributed by atoms with Gasteiger partial charge in [0.2, 0.25) is 0 Å². The summed E-state index contributed by atoms with van der Waals surface area (Å²) in [5, 5.41) is 0.950. The van der Waals surface area contributed by atoms with E-state index >= 15 is 0 Å². The molecule has 0 atom stereocenters. The second kappa shape index (κ2) is 5.43. The molecule has 1 amide bonds. The minimum absolute atomic E-state index is 0.117. The summed E-state index contributed by atoms with van der Waals surface area (Å²) in [4.78, 5) is 23.1. The number of carbonyl (C=O) groups excluding carboxylic acids is 1. The quantitative estimate of drug-likeness (QED) is 0.694. The topological polar surface area (TPSA) is 46.1 Å². The zero-order valence-electron chi connectivity index (χ0n) is 12.4. The van der Waals surface area contributed by atoms with Gasteiger partial charge in [0, 0.05) is 36.8 Å². The van der Waals surface area contributed by atoms with E-state index in [1.807, 2.05) is 18.2 Å². The van der Waals surface area contributed by atoms with Gasteiger partial charge in [0.15, 0.2) is 5.65 Å². The summed E-state index contributed by atoms with van der Waals surface area (Å²) in [6.45, 7) is 0.978. The van der Waals surface area contributed by atoms with Gasteiger partial charge in [-0.05, 0) is 35.9 Å². The molecule has 0 radical (unpaired) electrons. The third-order valence-corrected chi connectivity index (χ3v) is 4.13. The number of nitrogens with zero attached hydrogens (tertiary/aromatic N) is 3. The van der Waals surface area contributed by atoms with Gasteiger partial charge in [0.1, 0.15) is 5.82 Å². The van der Waals surface area contributed by atoms with E-state index in [0.29, 0.717) is 19.5 Å². The number of amides is 1. The molecule has 0 bridgehead atoms. The lowest BCUT2D eigenvalue weighted by atomic mass is 10.0. The number of rotatable bonds is 1. The predicted molar refractivity (Wildman–Crippen MR) is 84.4 cm³/mol. The molecule has 3 aromatic rings. The first-order chi connectivity index (χ1) is 11.2. The number of hydrogen-bond acceptors (Lipinski definition) is 3. The van der Waals surface area contributed by atoms with Crippen molar-refractivity contribution < 1.29 is 9.18 Å². The average Bonchev–Trinajstić information content (AvgIpc) is 2.59. The Bertz CT molecular complexity index is 910. The van der Waals surface area contributed by atoms with E-state index in [9.17, 15) is 9.18 Å². The van der Waals surface area contributed by atoms with Crippen LogP contribution in [0.4, 0.5) is 4.39 Å². The highest BCUT2D eigenvalue weighted by molar-refractivity contribution is 5.94. The zero-order valence-corrected chi connectivity index (χ0v) is 12.4. The third-order valence-electron chi connectivity index (χ3n) is 4.13. The third kappa shape index (κ3) is 2.44. The predicted octanol–water partition coefficient (Wildman–Crippen LogP) is 2.97. The fourth-order valence-electron chi connectivity index (χ4n) is 2.94. The highest BCUT2D eigenvalue weighted by Crippen LogP contribution is 2.23. The van der Waals surface area contributed by atoms with Crippen molar-refractivity contribution in [3.63, 3.8) is 0 Å². The van der Waals surface area contributed by atoms with Gasteiger partial charge in [-0.3, -0.25) is 4.79 Å². The van der Waals surface area contributed by atoms with E-state index < -0.39 is 5.82 Å². The zero-order chi connectivity index (χ0) is 15.8. The van der Waals surface area contributed by atoms with Crippen LogP contribution in [0.15, 0.2) is 48.7 Å². The average molecular weight is 307 g/mol. The highest BCUT2D eigenvalue weighted by Gasteiger charge is 2.24. The van der Waals surface area contributed by atoms with Gasteiger partial charge in [-0.1, -0.05) is 12.1 Å². The van der Waals surface area contributed by atoms with Crippen molar-refractivity contribution >= 4 is 16.9 Å². The van der Waals surface area contributed by atoms with Crippen LogP contribution in [-0.2, 0) is 13.0 Å². The fourth-order valence-corrected chi connectivity index (χ4v) is 2.94. The number of halogens is 1. The van der Waals surface area contributed by atoms with Crippen LogP contribution in [0, 0.1) is 5.82 Å². The maximum absolute atomic E-state index is 13.8. The summed E-state index contributed by atoms with van der Waals surface area (Å²) < 4.78 is 13.8. The standard InChI is InChI=1S/C18H14FN3O/c19-15-6-2-1-5-14(15)18(23)22-9-7-16-13(11-22)10-12-4-3-8-20-17(12)21-16/h1-6,8,10H,7,9,11H2. The lowest BCUT2D eigenvalue weighted by molar-refractivity contribution is 0.0729. The first kappa shape index (κ1) is 13.8. The van der Waals surface area contributed by atoms with Crippen LogP contribution >= 0.6 is 0 Å². The maximum Gasteiger partial charge on any atom is 0.257 e. The Balaban J connectivity index is 1.67. The van der Waals surface area contributed by atoms with Crippen LogP contribution in [0.1, 0.15) is 21.6 Å². The highest BCUT2D eigenvalue weighted by atomic mass is 19.1. The first-order valence-electron chi connectivity index (χ1n) is 7.50. The van der Waals surface area contributed by atoms with Gasteiger partial charge in [0.05, 0.1) is 5.56 Å². The Morgan fingerprint density at radius 3 is 2.91 bits per heavy atom. The summed E-state index contributed by atoms with van der Waals surface area (Å²) in [5.74, 6) is -0.760. The normalized spacial score (nSPS) is 13.9. The molecule has 4 nitrogen and oxygen atoms in total. The van der Waals surface area contributed by atoms with Crippen LogP contribution in [-0.4, -0.2) is 27.3 Å². The van der Waals surface area contributed by atoms with Crippen molar-refractivity contribution in [3.8, 4) is 0 Å². The largest absolute Gasteiger partial charge is 0.334 e. The van der Waals surface area contributed by atoms with Crippen molar-refractivity contribution in [1.29, 1.82) is 0 Å². The van der Waals surface area contributed by atoms with E-state index in [1.165, 1.54) is 12.1 Å². The first-order valence-corrected chi connectivity index (χ1v) is 7.50. The SMILES string of the molecule is O=C(c1ccccc1F)N1CCc2nc3ncccc3cc2C1. The molecule has 23 heavy (non-hydrogen) atoms. The number of carbonyl (C=O) groups is 1. The summed E-state index contributed by atoms with van der Waals surface area (Å²) in [6, 6.07) is 11.9. The van der Waals surface area contributed by atoms with Crippen LogP contribution < -0.4 is 0 Å². The molecule has 5 heteroatoms. The van der Waals surface area contributed by atoms with E-state index in [1.54, 1.807) is 23.2 Å². The molecule has 114 valence electrons. The maximum atomic E-state index is 13.8. The lowest BCUT2D eigenvalue weighted by Gasteiger charge is -2.28. The number of fused-ring (bicyclic) bond motifs is 2. The van der Waals surface area contributed by atoms with Crippen molar-refractivity contribution in [2.45, 2.75) is 13.0 Å². The van der Waals surface area contributed by atoms with Crippen molar-refractivity contribution in [3.05, 3.63) is 71.3 Å². The van der Waals surface area contributed by atoms with Gasteiger partial charge < -0.3 is 4.90 Å². The second-order valence-electron chi connectivity index (χ2n) is 5.60. The van der Waals surface area contributed by atoms with Gasteiger partial charge in [-0.2, -0.15) is 0 Å². The van der Waals surface area contributed by atoms with E-state index in [2.05, 4.69) is 9.97 Å². The smallest absolute Gasteiger partial charge is 0.257 e. The summed E-state index contributed by atoms with van der Waals surface area (Å²) in [7, 11) is 0. The number of benzene rings is 1. The Labute approximate surface area is 132 Å². The molecule has 3 heterocycles. The van der Waals surface area contributed by atoms with Gasteiger partial charge in [0.25, 0.3) is 5.91 Å². The molecule has 1 aromatic carbocycles. The molecule has 0 saturated carbocycles. The Morgan fingerprint density at radius 2 is 2.04 bits per heavy atom. The van der Waals surface area contributed by atoms with Crippen molar-refractivity contribution in [1.82, 2.24) is 14.9 Å². The van der Waals surface area contributed by atoms with Crippen LogP contribution in [0.5, 0.6) is 0 Å². The molecule has 4 rings (SSSR count). The lowest BCUT2D eigenvalue weighted by Crippen LogP contribution is -2.36. The van der Waals surface area contributed by atoms with E-state index in [4.69, 9.17) is 0 Å². The fraction of sp³-hybridized carbons (Fsp3) is 0.167. The van der Waals surface area contributed by atoms with Crippen molar-refractivity contribution in [2.24, 2.45) is 0 Å². The second-order valence-corrected chi connectivity index (χ2v) is 5.60. The molecule has 2 aromatic heterocycles. The summed E-state index contributed by atoms with van der Waals surface area (Å²) >= 11 is 0. The van der Waals surface area contributed by atoms with Crippen LogP contribution in [0.25, 0.3) is 11.0 Å². The summed E-state index contributed by atoms with van der Waals surface area (Å²) in [5.41, 5.74) is 2.81. The molecule has 1 aliphatic rings. The van der Waals surface area contributed by atoms with E-state index in [0.717, 1.165) is 22.3 Å². The monoisotopic (exact) mass is 307 g/mol. The molecule has 0 N–H and O–H groups in total. The number of hydrogen-bond donors (Lipinski definition) is 0. The number of pyridine rings is 2. The minimum atomic E-state index is -0.482. The molecule has 0 saturated heterocycles. The van der Waals surface area contributed by atoms with Gasteiger partial charge in [-0.25, -0.2) is 14.4 Å². The van der Waals surface area contributed by atoms with E-state index in [-0.39, 0.29) is 11.5 Å². The van der Waals surface area contributed by atoms with Crippen LogP contribution in [0.3, 0.4) is 0 Å². The summed E-state index contributed by atoms with van der Waals surface area (Å²) in [6.07, 6.45) is 2.38. The Hall–Kier alpha value is -2.82. The molecule has 1 aliphatic heterocycles. The molecule has 0 spiro atoms.